The summed E-state index contributed by atoms with van der Waals surface area (Å²) in [6.45, 7) is 0. The maximum Gasteiger partial charge on any atom is 0.240 e. The number of alkyl halides is 1. The molecular weight excluding hydrogens is 426 g/mol. The molecule has 2 N–H and O–H groups in total. The Morgan fingerprint density at radius 1 is 0.970 bits per heavy atom. The van der Waals surface area contributed by atoms with Gasteiger partial charge < -0.3 is 5.73 Å². The third-order valence-electron chi connectivity index (χ3n) is 5.85. The van der Waals surface area contributed by atoms with Gasteiger partial charge in [-0.25, -0.2) is 18.3 Å². The van der Waals surface area contributed by atoms with Crippen LogP contribution < -0.4 is 5.73 Å². The van der Waals surface area contributed by atoms with Crippen LogP contribution in [0.5, 0.6) is 0 Å². The van der Waals surface area contributed by atoms with Gasteiger partial charge >= 0.3 is 0 Å². The minimum Gasteiger partial charge on any atom is -0.366 e. The molecule has 1 saturated carbocycles. The van der Waals surface area contributed by atoms with Crippen LogP contribution >= 0.6 is 0 Å². The molecule has 8 nitrogen and oxygen atoms in total. The Morgan fingerprint density at radius 3 is 2.48 bits per heavy atom. The van der Waals surface area contributed by atoms with E-state index in [1.807, 2.05) is 12.1 Å². The number of hydrogen-bond donors (Lipinski definition) is 1. The summed E-state index contributed by atoms with van der Waals surface area (Å²) in [5.41, 5.74) is 8.29. The minimum absolute atomic E-state index is 0.191. The van der Waals surface area contributed by atoms with E-state index in [-0.39, 0.29) is 11.8 Å². The Balaban J connectivity index is 1.35. The van der Waals surface area contributed by atoms with Crippen molar-refractivity contribution in [2.75, 3.05) is 5.73 Å². The quantitative estimate of drug-likeness (QED) is 0.442. The molecule has 0 aliphatic heterocycles. The number of nitrogens with two attached hydrogens (primary N) is 1. The van der Waals surface area contributed by atoms with Crippen LogP contribution in [-0.2, 0) is 0 Å². The number of anilines is 1. The fraction of sp³-hybridized carbons (Fsp3) is 0.174. The van der Waals surface area contributed by atoms with Crippen molar-refractivity contribution in [3.8, 4) is 22.5 Å². The van der Waals surface area contributed by atoms with E-state index in [0.29, 0.717) is 41.0 Å². The highest BCUT2D eigenvalue weighted by Gasteiger charge is 2.52. The standard InChI is InChI=1S/C23H18F2N8/c24-17-3-1-14(2-4-17)21(23(25)6-7-23)33-13-16(10-28-33)19-12-27-11-18(29-19)15-5-8-32-20(9-15)30-22(26)31-32/h1-5,8-13,21H,6-7H2,(H2,26,31). The van der Waals surface area contributed by atoms with Crippen LogP contribution in [0.4, 0.5) is 14.7 Å². The average Bonchev–Trinajstić information content (AvgIpc) is 3.21. The highest BCUT2D eigenvalue weighted by atomic mass is 19.1. The van der Waals surface area contributed by atoms with Crippen LogP contribution in [0, 0.1) is 5.82 Å². The molecule has 1 fully saturated rings. The molecule has 4 aromatic heterocycles. The second-order valence-electron chi connectivity index (χ2n) is 8.18. The molecule has 0 amide bonds. The zero-order valence-corrected chi connectivity index (χ0v) is 17.3. The summed E-state index contributed by atoms with van der Waals surface area (Å²) in [7, 11) is 0. The van der Waals surface area contributed by atoms with Gasteiger partial charge in [-0.05, 0) is 42.7 Å². The van der Waals surface area contributed by atoms with E-state index in [2.05, 4.69) is 20.2 Å². The average molecular weight is 444 g/mol. The SMILES string of the molecule is Nc1nc2cc(-c3cncc(-c4cnn(C(c5ccc(F)cc5)C5(F)CC5)c4)n3)ccn2n1. The van der Waals surface area contributed by atoms with E-state index >= 15 is 4.39 Å². The second-order valence-corrected chi connectivity index (χ2v) is 8.18. The Bertz CT molecular complexity index is 1470. The Labute approximate surface area is 186 Å². The monoisotopic (exact) mass is 444 g/mol. The number of aromatic nitrogens is 7. The first-order chi connectivity index (χ1) is 16.0. The summed E-state index contributed by atoms with van der Waals surface area (Å²) >= 11 is 0. The van der Waals surface area contributed by atoms with E-state index in [9.17, 15) is 4.39 Å². The molecule has 33 heavy (non-hydrogen) atoms. The number of rotatable bonds is 5. The van der Waals surface area contributed by atoms with Gasteiger partial charge in [0.15, 0.2) is 5.65 Å². The van der Waals surface area contributed by atoms with Crippen LogP contribution in [0.3, 0.4) is 0 Å². The molecule has 5 aromatic rings. The number of nitrogens with zero attached hydrogens (tertiary/aromatic N) is 7. The lowest BCUT2D eigenvalue weighted by molar-refractivity contribution is 0.221. The summed E-state index contributed by atoms with van der Waals surface area (Å²) < 4.78 is 31.8. The topological polar surface area (TPSA) is 99.8 Å². The van der Waals surface area contributed by atoms with E-state index in [4.69, 9.17) is 10.7 Å². The molecule has 164 valence electrons. The van der Waals surface area contributed by atoms with Crippen molar-refractivity contribution in [1.29, 1.82) is 0 Å². The van der Waals surface area contributed by atoms with Gasteiger partial charge in [0.1, 0.15) is 17.5 Å². The second kappa shape index (κ2) is 7.16. The van der Waals surface area contributed by atoms with Crippen molar-refractivity contribution < 1.29 is 8.78 Å². The van der Waals surface area contributed by atoms with E-state index in [0.717, 1.165) is 5.56 Å². The van der Waals surface area contributed by atoms with Crippen LogP contribution in [0.2, 0.25) is 0 Å². The van der Waals surface area contributed by atoms with Crippen LogP contribution in [0.15, 0.2) is 67.4 Å². The summed E-state index contributed by atoms with van der Waals surface area (Å²) in [5, 5.41) is 8.50. The third-order valence-corrected chi connectivity index (χ3v) is 5.85. The van der Waals surface area contributed by atoms with Crippen LogP contribution in [-0.4, -0.2) is 40.0 Å². The maximum atomic E-state index is 15.3. The molecule has 0 spiro atoms. The molecule has 4 heterocycles. The van der Waals surface area contributed by atoms with Crippen molar-refractivity contribution in [1.82, 2.24) is 34.3 Å². The number of halogens is 2. The molecule has 1 aliphatic rings. The number of nitrogen functional groups attached to an aromatic ring is 1. The van der Waals surface area contributed by atoms with Gasteiger partial charge in [0.25, 0.3) is 0 Å². The van der Waals surface area contributed by atoms with Crippen molar-refractivity contribution in [2.45, 2.75) is 24.6 Å². The normalized spacial score (nSPS) is 15.6. The predicted octanol–water partition coefficient (Wildman–Crippen LogP) is 3.86. The van der Waals surface area contributed by atoms with Crippen LogP contribution in [0.1, 0.15) is 24.4 Å². The molecule has 10 heteroatoms. The maximum absolute atomic E-state index is 15.3. The van der Waals surface area contributed by atoms with Gasteiger partial charge in [-0.1, -0.05) is 12.1 Å². The first-order valence-corrected chi connectivity index (χ1v) is 10.4. The highest BCUT2D eigenvalue weighted by molar-refractivity contribution is 5.67. The summed E-state index contributed by atoms with van der Waals surface area (Å²) in [6, 6.07) is 8.93. The number of fused-ring (bicyclic) bond motifs is 1. The van der Waals surface area contributed by atoms with Crippen LogP contribution in [0.25, 0.3) is 28.2 Å². The largest absolute Gasteiger partial charge is 0.366 e. The summed E-state index contributed by atoms with van der Waals surface area (Å²) in [5.74, 6) is -0.169. The summed E-state index contributed by atoms with van der Waals surface area (Å²) in [4.78, 5) is 13.2. The van der Waals surface area contributed by atoms with Gasteiger partial charge in [0.05, 0.1) is 30.0 Å². The molecular formula is C23H18F2N8. The van der Waals surface area contributed by atoms with Crippen molar-refractivity contribution in [3.63, 3.8) is 0 Å². The molecule has 1 aliphatic carbocycles. The first kappa shape index (κ1) is 19.5. The minimum atomic E-state index is -1.40. The Kier molecular flexibility index (Phi) is 4.22. The molecule has 1 aromatic carbocycles. The van der Waals surface area contributed by atoms with E-state index in [1.54, 1.807) is 52.3 Å². The molecule has 0 bridgehead atoms. The van der Waals surface area contributed by atoms with E-state index < -0.39 is 11.7 Å². The summed E-state index contributed by atoms with van der Waals surface area (Å²) in [6.07, 6.45) is 9.31. The van der Waals surface area contributed by atoms with Crippen molar-refractivity contribution in [2.24, 2.45) is 0 Å². The van der Waals surface area contributed by atoms with Crippen molar-refractivity contribution >= 4 is 11.6 Å². The molecule has 0 radical (unpaired) electrons. The fourth-order valence-electron chi connectivity index (χ4n) is 4.04. The lowest BCUT2D eigenvalue weighted by Crippen LogP contribution is -2.23. The van der Waals surface area contributed by atoms with Gasteiger partial charge in [0, 0.05) is 23.5 Å². The van der Waals surface area contributed by atoms with Gasteiger partial charge in [-0.15, -0.1) is 5.10 Å². The Morgan fingerprint density at radius 2 is 1.73 bits per heavy atom. The van der Waals surface area contributed by atoms with Crippen molar-refractivity contribution in [3.05, 3.63) is 78.8 Å². The highest BCUT2D eigenvalue weighted by Crippen LogP contribution is 2.51. The number of hydrogen-bond acceptors (Lipinski definition) is 6. The smallest absolute Gasteiger partial charge is 0.240 e. The lowest BCUT2D eigenvalue weighted by Gasteiger charge is -2.21. The predicted molar refractivity (Wildman–Crippen MR) is 117 cm³/mol. The lowest BCUT2D eigenvalue weighted by atomic mass is 10.0. The fourth-order valence-corrected chi connectivity index (χ4v) is 4.04. The third kappa shape index (κ3) is 3.49. The van der Waals surface area contributed by atoms with Gasteiger partial charge in [-0.3, -0.25) is 9.67 Å². The zero-order valence-electron chi connectivity index (χ0n) is 17.3. The van der Waals surface area contributed by atoms with E-state index in [1.165, 1.54) is 12.1 Å². The zero-order chi connectivity index (χ0) is 22.6. The van der Waals surface area contributed by atoms with Gasteiger partial charge in [-0.2, -0.15) is 10.1 Å². The Hall–Kier alpha value is -4.21. The molecule has 0 saturated heterocycles. The first-order valence-electron chi connectivity index (χ1n) is 10.4. The number of pyridine rings is 1. The molecule has 6 rings (SSSR count). The molecule has 1 atom stereocenters. The molecule has 1 unspecified atom stereocenters. The van der Waals surface area contributed by atoms with Gasteiger partial charge in [0.2, 0.25) is 5.95 Å². The number of benzene rings is 1.